The molecule has 0 spiro atoms. The Hall–Kier alpha value is 0.170. The zero-order chi connectivity index (χ0) is 13.6. The van der Waals surface area contributed by atoms with Crippen molar-refractivity contribution in [1.29, 1.82) is 0 Å². The molecular weight excluding hydrogens is 368 g/mol. The lowest BCUT2D eigenvalue weighted by atomic mass is 9.71. The predicted molar refractivity (Wildman–Crippen MR) is 85.7 cm³/mol. The molecule has 1 heterocycles. The molecule has 0 saturated heterocycles. The Bertz CT molecular complexity index is 483. The van der Waals surface area contributed by atoms with Crippen LogP contribution in [-0.2, 0) is 19.9 Å². The van der Waals surface area contributed by atoms with Gasteiger partial charge in [0.25, 0.3) is 0 Å². The molecule has 1 aromatic rings. The number of fused-ring (bicyclic) bond motifs is 2. The van der Waals surface area contributed by atoms with Gasteiger partial charge in [0, 0.05) is 12.4 Å². The van der Waals surface area contributed by atoms with Crippen LogP contribution in [-0.4, -0.2) is 15.1 Å². The summed E-state index contributed by atoms with van der Waals surface area (Å²) in [6.07, 6.45) is 7.94. The minimum Gasteiger partial charge on any atom is -0.271 e. The highest BCUT2D eigenvalue weighted by Gasteiger charge is 2.50. The fourth-order valence-electron chi connectivity index (χ4n) is 4.33. The lowest BCUT2D eigenvalue weighted by Crippen LogP contribution is -2.32. The zero-order valence-corrected chi connectivity index (χ0v) is 14.9. The van der Waals surface area contributed by atoms with Gasteiger partial charge in [0.15, 0.2) is 0 Å². The van der Waals surface area contributed by atoms with Gasteiger partial charge in [-0.25, -0.2) is 0 Å². The normalized spacial score (nSPS) is 33.3. The van der Waals surface area contributed by atoms with Crippen molar-refractivity contribution in [3.05, 3.63) is 15.9 Å². The SMILES string of the molecule is CCc1nn(C)c(CC2(CBr)CC3CCC2C3)c1Br. The van der Waals surface area contributed by atoms with Gasteiger partial charge in [-0.15, -0.1) is 0 Å². The van der Waals surface area contributed by atoms with E-state index in [2.05, 4.69) is 55.6 Å². The third-order valence-corrected chi connectivity index (χ3v) is 7.42. The van der Waals surface area contributed by atoms with Gasteiger partial charge in [0.2, 0.25) is 0 Å². The molecule has 3 rings (SSSR count). The summed E-state index contributed by atoms with van der Waals surface area (Å²) in [5.41, 5.74) is 3.07. The smallest absolute Gasteiger partial charge is 0.0766 e. The van der Waals surface area contributed by atoms with Crippen LogP contribution in [0.1, 0.15) is 44.0 Å². The molecule has 2 fully saturated rings. The molecule has 2 nitrogen and oxygen atoms in total. The van der Waals surface area contributed by atoms with Crippen LogP contribution in [0.3, 0.4) is 0 Å². The highest BCUT2D eigenvalue weighted by Crippen LogP contribution is 2.58. The molecular formula is C15H22Br2N2. The van der Waals surface area contributed by atoms with E-state index in [0.29, 0.717) is 5.41 Å². The first kappa shape index (κ1) is 14.1. The maximum Gasteiger partial charge on any atom is 0.0766 e. The van der Waals surface area contributed by atoms with E-state index in [0.717, 1.165) is 23.6 Å². The van der Waals surface area contributed by atoms with E-state index < -0.39 is 0 Å². The molecule has 0 N–H and O–H groups in total. The van der Waals surface area contributed by atoms with Gasteiger partial charge in [-0.3, -0.25) is 4.68 Å². The van der Waals surface area contributed by atoms with Crippen molar-refractivity contribution in [2.45, 2.75) is 45.4 Å². The fourth-order valence-corrected chi connectivity index (χ4v) is 5.97. The quantitative estimate of drug-likeness (QED) is 0.693. The van der Waals surface area contributed by atoms with Crippen molar-refractivity contribution in [2.75, 3.05) is 5.33 Å². The summed E-state index contributed by atoms with van der Waals surface area (Å²) >= 11 is 7.60. The minimum absolute atomic E-state index is 0.476. The molecule has 0 aliphatic heterocycles. The molecule has 19 heavy (non-hydrogen) atoms. The van der Waals surface area contributed by atoms with Gasteiger partial charge in [0.1, 0.15) is 0 Å². The van der Waals surface area contributed by atoms with Crippen LogP contribution in [0, 0.1) is 17.3 Å². The second-order valence-corrected chi connectivity index (χ2v) is 7.79. The average Bonchev–Trinajstić information content (AvgIpc) is 3.07. The summed E-state index contributed by atoms with van der Waals surface area (Å²) in [7, 11) is 2.09. The standard InChI is InChI=1S/C15H22Br2N2/c1-3-12-14(17)13(19(2)18-12)8-15(9-16)7-10-4-5-11(15)6-10/h10-11H,3-9H2,1-2H3. The third-order valence-electron chi connectivity index (χ3n) is 5.39. The van der Waals surface area contributed by atoms with Gasteiger partial charge in [0.05, 0.1) is 15.9 Å². The number of alkyl halides is 1. The van der Waals surface area contributed by atoms with E-state index in [-0.39, 0.29) is 0 Å². The molecule has 0 radical (unpaired) electrons. The van der Waals surface area contributed by atoms with Crippen LogP contribution in [0.15, 0.2) is 4.47 Å². The van der Waals surface area contributed by atoms with Crippen molar-refractivity contribution in [2.24, 2.45) is 24.3 Å². The Morgan fingerprint density at radius 2 is 2.21 bits per heavy atom. The summed E-state index contributed by atoms with van der Waals surface area (Å²) in [5, 5.41) is 5.79. The van der Waals surface area contributed by atoms with Crippen molar-refractivity contribution >= 4 is 31.9 Å². The molecule has 0 amide bonds. The van der Waals surface area contributed by atoms with E-state index in [1.807, 2.05) is 0 Å². The van der Waals surface area contributed by atoms with Crippen molar-refractivity contribution < 1.29 is 0 Å². The van der Waals surface area contributed by atoms with Crippen molar-refractivity contribution in [3.8, 4) is 0 Å². The highest BCUT2D eigenvalue weighted by molar-refractivity contribution is 9.10. The Balaban J connectivity index is 1.90. The van der Waals surface area contributed by atoms with E-state index in [4.69, 9.17) is 0 Å². The lowest BCUT2D eigenvalue weighted by Gasteiger charge is -2.36. The number of hydrogen-bond acceptors (Lipinski definition) is 1. The summed E-state index contributed by atoms with van der Waals surface area (Å²) in [5.74, 6) is 1.91. The molecule has 0 aromatic carbocycles. The molecule has 2 aliphatic rings. The van der Waals surface area contributed by atoms with E-state index >= 15 is 0 Å². The number of aryl methyl sites for hydroxylation is 2. The number of rotatable bonds is 4. The second kappa shape index (κ2) is 5.18. The number of aromatic nitrogens is 2. The molecule has 2 bridgehead atoms. The number of hydrogen-bond donors (Lipinski definition) is 0. The average molecular weight is 390 g/mol. The Morgan fingerprint density at radius 1 is 1.42 bits per heavy atom. The van der Waals surface area contributed by atoms with Crippen molar-refractivity contribution in [3.63, 3.8) is 0 Å². The van der Waals surface area contributed by atoms with Crippen LogP contribution >= 0.6 is 31.9 Å². The Morgan fingerprint density at radius 3 is 2.68 bits per heavy atom. The van der Waals surface area contributed by atoms with Gasteiger partial charge < -0.3 is 0 Å². The van der Waals surface area contributed by atoms with Crippen LogP contribution in [0.2, 0.25) is 0 Å². The van der Waals surface area contributed by atoms with Gasteiger partial charge >= 0.3 is 0 Å². The summed E-state index contributed by atoms with van der Waals surface area (Å²) < 4.78 is 3.35. The molecule has 4 heteroatoms. The van der Waals surface area contributed by atoms with Gasteiger partial charge in [-0.05, 0) is 65.3 Å². The first-order valence-electron chi connectivity index (χ1n) is 7.36. The summed E-state index contributed by atoms with van der Waals surface area (Å²) in [6, 6.07) is 0. The predicted octanol–water partition coefficient (Wildman–Crippen LogP) is 4.49. The minimum atomic E-state index is 0.476. The summed E-state index contributed by atoms with van der Waals surface area (Å²) in [6.45, 7) is 2.18. The second-order valence-electron chi connectivity index (χ2n) is 6.44. The molecule has 1 aromatic heterocycles. The topological polar surface area (TPSA) is 17.8 Å². The largest absolute Gasteiger partial charge is 0.271 e. The van der Waals surface area contributed by atoms with E-state index in [9.17, 15) is 0 Å². The molecule has 3 unspecified atom stereocenters. The fraction of sp³-hybridized carbons (Fsp3) is 0.800. The van der Waals surface area contributed by atoms with Crippen LogP contribution in [0.25, 0.3) is 0 Å². The highest BCUT2D eigenvalue weighted by atomic mass is 79.9. The van der Waals surface area contributed by atoms with Gasteiger partial charge in [-0.2, -0.15) is 5.10 Å². The third kappa shape index (κ3) is 2.23. The first-order valence-corrected chi connectivity index (χ1v) is 9.27. The molecule has 106 valence electrons. The summed E-state index contributed by atoms with van der Waals surface area (Å²) in [4.78, 5) is 0. The molecule has 2 saturated carbocycles. The lowest BCUT2D eigenvalue weighted by molar-refractivity contribution is 0.193. The number of halogens is 2. The maximum atomic E-state index is 4.65. The van der Waals surface area contributed by atoms with Crippen LogP contribution < -0.4 is 0 Å². The number of nitrogens with zero attached hydrogens (tertiary/aromatic N) is 2. The zero-order valence-electron chi connectivity index (χ0n) is 11.8. The van der Waals surface area contributed by atoms with Gasteiger partial charge in [-0.1, -0.05) is 29.3 Å². The van der Waals surface area contributed by atoms with E-state index in [1.165, 1.54) is 48.0 Å². The maximum absolute atomic E-state index is 4.65. The van der Waals surface area contributed by atoms with Crippen molar-refractivity contribution in [1.82, 2.24) is 9.78 Å². The Labute approximate surface area is 132 Å². The van der Waals surface area contributed by atoms with Crippen LogP contribution in [0.4, 0.5) is 0 Å². The molecule has 3 atom stereocenters. The Kier molecular flexibility index (Phi) is 3.85. The van der Waals surface area contributed by atoms with Crippen LogP contribution in [0.5, 0.6) is 0 Å². The molecule has 2 aliphatic carbocycles. The van der Waals surface area contributed by atoms with E-state index in [1.54, 1.807) is 0 Å². The monoisotopic (exact) mass is 388 g/mol. The first-order chi connectivity index (χ1) is 9.09.